The zero-order valence-corrected chi connectivity index (χ0v) is 16.1. The molecule has 0 aliphatic heterocycles. The summed E-state index contributed by atoms with van der Waals surface area (Å²) >= 11 is 1.46. The molecule has 1 N–H and O–H groups in total. The average molecular weight is 372 g/mol. The molecule has 2 amide bonds. The number of amides is 2. The first kappa shape index (κ1) is 20.0. The van der Waals surface area contributed by atoms with Gasteiger partial charge in [-0.2, -0.15) is 0 Å². The maximum Gasteiger partial charge on any atom is 0.253 e. The molecule has 1 heterocycles. The highest BCUT2D eigenvalue weighted by molar-refractivity contribution is 8.00. The Labute approximate surface area is 159 Å². The lowest BCUT2D eigenvalue weighted by atomic mass is 10.1. The van der Waals surface area contributed by atoms with Crippen LogP contribution in [0.5, 0.6) is 0 Å². The Hall–Kier alpha value is -2.34. The van der Waals surface area contributed by atoms with E-state index in [2.05, 4.69) is 24.1 Å². The van der Waals surface area contributed by atoms with Crippen molar-refractivity contribution in [2.45, 2.75) is 31.6 Å². The molecule has 0 atom stereocenters. The summed E-state index contributed by atoms with van der Waals surface area (Å²) in [7, 11) is 0. The van der Waals surface area contributed by atoms with E-state index in [0.29, 0.717) is 17.0 Å². The summed E-state index contributed by atoms with van der Waals surface area (Å²) in [4.78, 5) is 31.4. The van der Waals surface area contributed by atoms with Crippen LogP contribution in [-0.4, -0.2) is 40.5 Å². The minimum Gasteiger partial charge on any atom is -0.339 e. The first-order chi connectivity index (χ1) is 12.6. The molecule has 5 nitrogen and oxygen atoms in total. The van der Waals surface area contributed by atoms with Gasteiger partial charge in [0, 0.05) is 41.6 Å². The molecule has 0 bridgehead atoms. The van der Waals surface area contributed by atoms with Crippen molar-refractivity contribution in [3.63, 3.8) is 0 Å². The number of nitrogens with zero attached hydrogens (tertiary/aromatic N) is 2. The minimum atomic E-state index is -0.0792. The fourth-order valence-corrected chi connectivity index (χ4v) is 3.20. The first-order valence-corrected chi connectivity index (χ1v) is 9.84. The van der Waals surface area contributed by atoms with Crippen LogP contribution in [0.2, 0.25) is 0 Å². The van der Waals surface area contributed by atoms with Gasteiger partial charge in [-0.1, -0.05) is 13.8 Å². The molecule has 2 aromatic rings. The Morgan fingerprint density at radius 2 is 1.62 bits per heavy atom. The molecule has 0 saturated heterocycles. The van der Waals surface area contributed by atoms with Crippen molar-refractivity contribution in [1.29, 1.82) is 0 Å². The molecule has 6 heteroatoms. The summed E-state index contributed by atoms with van der Waals surface area (Å²) in [6.07, 6.45) is 5.29. The number of nitrogens with one attached hydrogen (secondary N) is 1. The van der Waals surface area contributed by atoms with E-state index in [1.165, 1.54) is 11.8 Å². The summed E-state index contributed by atoms with van der Waals surface area (Å²) in [6, 6.07) is 10.8. The highest BCUT2D eigenvalue weighted by atomic mass is 32.2. The molecule has 26 heavy (non-hydrogen) atoms. The Morgan fingerprint density at radius 1 is 1.00 bits per heavy atom. The zero-order chi connectivity index (χ0) is 18.8. The number of thioether (sulfide) groups is 1. The van der Waals surface area contributed by atoms with Gasteiger partial charge in [0.05, 0.1) is 5.75 Å². The molecule has 1 aromatic heterocycles. The van der Waals surface area contributed by atoms with E-state index < -0.39 is 0 Å². The molecule has 0 aliphatic carbocycles. The fraction of sp³-hybridized carbons (Fsp3) is 0.350. The van der Waals surface area contributed by atoms with Crippen molar-refractivity contribution in [2.75, 3.05) is 24.2 Å². The quantitative estimate of drug-likeness (QED) is 0.675. The number of carbonyl (C=O) groups is 2. The van der Waals surface area contributed by atoms with Crippen molar-refractivity contribution in [3.8, 4) is 0 Å². The van der Waals surface area contributed by atoms with Crippen LogP contribution in [-0.2, 0) is 4.79 Å². The third kappa shape index (κ3) is 6.19. The molecule has 0 radical (unpaired) electrons. The van der Waals surface area contributed by atoms with Gasteiger partial charge in [-0.15, -0.1) is 11.8 Å². The van der Waals surface area contributed by atoms with Crippen molar-refractivity contribution >= 4 is 29.3 Å². The van der Waals surface area contributed by atoms with E-state index in [1.54, 1.807) is 36.7 Å². The lowest BCUT2D eigenvalue weighted by molar-refractivity contribution is -0.113. The van der Waals surface area contributed by atoms with E-state index in [4.69, 9.17) is 0 Å². The van der Waals surface area contributed by atoms with Crippen LogP contribution >= 0.6 is 11.8 Å². The van der Waals surface area contributed by atoms with E-state index in [0.717, 1.165) is 30.8 Å². The summed E-state index contributed by atoms with van der Waals surface area (Å²) in [5.74, 6) is 0.287. The molecule has 0 unspecified atom stereocenters. The lowest BCUT2D eigenvalue weighted by Crippen LogP contribution is -2.32. The standard InChI is InChI=1S/C20H25N3O2S/c1-3-13-23(14-4-2)20(25)16-5-7-17(8-6-16)22-19(24)15-26-18-9-11-21-12-10-18/h5-12H,3-4,13-15H2,1-2H3,(H,22,24). The van der Waals surface area contributed by atoms with Gasteiger partial charge >= 0.3 is 0 Å². The van der Waals surface area contributed by atoms with Crippen LogP contribution in [0.25, 0.3) is 0 Å². The zero-order valence-electron chi connectivity index (χ0n) is 15.3. The number of pyridine rings is 1. The van der Waals surface area contributed by atoms with E-state index in [1.807, 2.05) is 17.0 Å². The molecule has 0 saturated carbocycles. The summed E-state index contributed by atoms with van der Waals surface area (Å²) in [5, 5.41) is 2.86. The number of benzene rings is 1. The Balaban J connectivity index is 1.89. The molecular weight excluding hydrogens is 346 g/mol. The van der Waals surface area contributed by atoms with Crippen molar-refractivity contribution < 1.29 is 9.59 Å². The summed E-state index contributed by atoms with van der Waals surface area (Å²) in [6.45, 7) is 5.66. The fourth-order valence-electron chi connectivity index (χ4n) is 2.51. The number of hydrogen-bond acceptors (Lipinski definition) is 4. The minimum absolute atomic E-state index is 0.0415. The highest BCUT2D eigenvalue weighted by Gasteiger charge is 2.14. The van der Waals surface area contributed by atoms with Crippen LogP contribution in [0.15, 0.2) is 53.7 Å². The van der Waals surface area contributed by atoms with Crippen molar-refractivity contribution in [3.05, 3.63) is 54.4 Å². The maximum atomic E-state index is 12.5. The second kappa shape index (κ2) is 10.6. The van der Waals surface area contributed by atoms with Gasteiger partial charge in [0.15, 0.2) is 0 Å². The maximum absolute atomic E-state index is 12.5. The Kier molecular flexibility index (Phi) is 8.15. The molecule has 0 fully saturated rings. The molecule has 0 spiro atoms. The Bertz CT molecular complexity index is 699. The predicted molar refractivity (Wildman–Crippen MR) is 107 cm³/mol. The smallest absolute Gasteiger partial charge is 0.253 e. The van der Waals surface area contributed by atoms with E-state index in [-0.39, 0.29) is 11.8 Å². The second-order valence-corrected chi connectivity index (χ2v) is 6.94. The van der Waals surface area contributed by atoms with Crippen molar-refractivity contribution in [1.82, 2.24) is 9.88 Å². The summed E-state index contributed by atoms with van der Waals surface area (Å²) in [5.41, 5.74) is 1.34. The van der Waals surface area contributed by atoms with Gasteiger partial charge in [-0.3, -0.25) is 14.6 Å². The van der Waals surface area contributed by atoms with Crippen LogP contribution in [0, 0.1) is 0 Å². The molecule has 2 rings (SSSR count). The topological polar surface area (TPSA) is 62.3 Å². The van der Waals surface area contributed by atoms with E-state index >= 15 is 0 Å². The van der Waals surface area contributed by atoms with Crippen LogP contribution in [0.1, 0.15) is 37.0 Å². The Morgan fingerprint density at radius 3 is 2.19 bits per heavy atom. The van der Waals surface area contributed by atoms with Gasteiger partial charge in [-0.05, 0) is 49.2 Å². The molecular formula is C20H25N3O2S. The van der Waals surface area contributed by atoms with Gasteiger partial charge < -0.3 is 10.2 Å². The molecule has 0 aliphatic rings. The lowest BCUT2D eigenvalue weighted by Gasteiger charge is -2.21. The number of aromatic nitrogens is 1. The number of anilines is 1. The van der Waals surface area contributed by atoms with Gasteiger partial charge in [0.25, 0.3) is 5.91 Å². The number of hydrogen-bond donors (Lipinski definition) is 1. The van der Waals surface area contributed by atoms with Crippen LogP contribution in [0.4, 0.5) is 5.69 Å². The normalized spacial score (nSPS) is 10.4. The largest absolute Gasteiger partial charge is 0.339 e. The third-order valence-electron chi connectivity index (χ3n) is 3.71. The first-order valence-electron chi connectivity index (χ1n) is 8.86. The monoisotopic (exact) mass is 371 g/mol. The number of carbonyl (C=O) groups excluding carboxylic acids is 2. The predicted octanol–water partition coefficient (Wildman–Crippen LogP) is 4.07. The van der Waals surface area contributed by atoms with Gasteiger partial charge in [0.1, 0.15) is 0 Å². The molecule has 138 valence electrons. The average Bonchev–Trinajstić information content (AvgIpc) is 2.67. The van der Waals surface area contributed by atoms with E-state index in [9.17, 15) is 9.59 Å². The highest BCUT2D eigenvalue weighted by Crippen LogP contribution is 2.17. The SMILES string of the molecule is CCCN(CCC)C(=O)c1ccc(NC(=O)CSc2ccncc2)cc1. The van der Waals surface area contributed by atoms with Gasteiger partial charge in [0.2, 0.25) is 5.91 Å². The van der Waals surface area contributed by atoms with Crippen molar-refractivity contribution in [2.24, 2.45) is 0 Å². The van der Waals surface area contributed by atoms with Crippen LogP contribution < -0.4 is 5.32 Å². The third-order valence-corrected chi connectivity index (χ3v) is 4.72. The van der Waals surface area contributed by atoms with Gasteiger partial charge in [-0.25, -0.2) is 0 Å². The molecule has 1 aromatic carbocycles. The number of rotatable bonds is 9. The van der Waals surface area contributed by atoms with Crippen LogP contribution in [0.3, 0.4) is 0 Å². The second-order valence-electron chi connectivity index (χ2n) is 5.89. The summed E-state index contributed by atoms with van der Waals surface area (Å²) < 4.78 is 0.